The van der Waals surface area contributed by atoms with Gasteiger partial charge in [0.2, 0.25) is 0 Å². The van der Waals surface area contributed by atoms with Gasteiger partial charge in [0, 0.05) is 17.9 Å². The van der Waals surface area contributed by atoms with E-state index in [0.717, 1.165) is 16.3 Å². The highest BCUT2D eigenvalue weighted by Crippen LogP contribution is 2.20. The zero-order chi connectivity index (χ0) is 11.8. The van der Waals surface area contributed by atoms with Crippen molar-refractivity contribution in [3.63, 3.8) is 0 Å². The first-order chi connectivity index (χ1) is 7.74. The maximum absolute atomic E-state index is 6.02. The minimum absolute atomic E-state index is 0.567. The maximum atomic E-state index is 6.02. The number of nitrogens with zero attached hydrogens (tertiary/aromatic N) is 1. The summed E-state index contributed by atoms with van der Waals surface area (Å²) in [4.78, 5) is 4.15. The number of thioether (sulfide) groups is 1. The summed E-state index contributed by atoms with van der Waals surface area (Å²) in [5.41, 5.74) is 6.80. The number of amidine groups is 1. The lowest BCUT2D eigenvalue weighted by atomic mass is 10.2. The highest BCUT2D eigenvalue weighted by atomic mass is 35.5. The highest BCUT2D eigenvalue weighted by Gasteiger charge is 2.00. The normalized spacial score (nSPS) is 11.8. The van der Waals surface area contributed by atoms with Crippen LogP contribution in [0.1, 0.15) is 5.56 Å². The molecule has 0 radical (unpaired) electrons. The van der Waals surface area contributed by atoms with Crippen molar-refractivity contribution in [1.82, 2.24) is 0 Å². The van der Waals surface area contributed by atoms with Crippen LogP contribution in [-0.4, -0.2) is 25.4 Å². The SMILES string of the molecule is COCCN=C(N)SCc1ccccc1Cl. The molecule has 1 aromatic carbocycles. The van der Waals surface area contributed by atoms with Crippen molar-refractivity contribution in [2.45, 2.75) is 5.75 Å². The van der Waals surface area contributed by atoms with Crippen molar-refractivity contribution in [1.29, 1.82) is 0 Å². The Labute approximate surface area is 105 Å². The second-order valence-corrected chi connectivity index (χ2v) is 4.50. The van der Waals surface area contributed by atoms with Gasteiger partial charge in [-0.1, -0.05) is 41.6 Å². The predicted molar refractivity (Wildman–Crippen MR) is 71.1 cm³/mol. The fraction of sp³-hybridized carbons (Fsp3) is 0.364. The predicted octanol–water partition coefficient (Wildman–Crippen LogP) is 2.53. The van der Waals surface area contributed by atoms with Crippen LogP contribution in [0.3, 0.4) is 0 Å². The number of aliphatic imine (C=N–C) groups is 1. The van der Waals surface area contributed by atoms with E-state index in [1.54, 1.807) is 7.11 Å². The van der Waals surface area contributed by atoms with Gasteiger partial charge in [0.25, 0.3) is 0 Å². The van der Waals surface area contributed by atoms with E-state index in [1.165, 1.54) is 11.8 Å². The van der Waals surface area contributed by atoms with Crippen LogP contribution in [0, 0.1) is 0 Å². The van der Waals surface area contributed by atoms with Gasteiger partial charge in [-0.2, -0.15) is 0 Å². The number of benzene rings is 1. The van der Waals surface area contributed by atoms with Crippen LogP contribution < -0.4 is 5.73 Å². The van der Waals surface area contributed by atoms with Gasteiger partial charge in [0.1, 0.15) is 0 Å². The highest BCUT2D eigenvalue weighted by molar-refractivity contribution is 8.13. The first kappa shape index (κ1) is 13.4. The molecule has 3 nitrogen and oxygen atoms in total. The summed E-state index contributed by atoms with van der Waals surface area (Å²) in [6.45, 7) is 1.19. The van der Waals surface area contributed by atoms with E-state index >= 15 is 0 Å². The molecule has 0 atom stereocenters. The molecule has 0 spiro atoms. The van der Waals surface area contributed by atoms with Gasteiger partial charge in [-0.25, -0.2) is 0 Å². The van der Waals surface area contributed by atoms with Gasteiger partial charge in [-0.05, 0) is 11.6 Å². The van der Waals surface area contributed by atoms with Crippen LogP contribution in [0.15, 0.2) is 29.3 Å². The van der Waals surface area contributed by atoms with Crippen molar-refractivity contribution < 1.29 is 4.74 Å². The van der Waals surface area contributed by atoms with Gasteiger partial charge in [-0.3, -0.25) is 4.99 Å². The summed E-state index contributed by atoms with van der Waals surface area (Å²) in [6, 6.07) is 7.72. The third kappa shape index (κ3) is 4.88. The Morgan fingerprint density at radius 2 is 2.25 bits per heavy atom. The Morgan fingerprint density at radius 3 is 2.94 bits per heavy atom. The molecule has 0 heterocycles. The summed E-state index contributed by atoms with van der Waals surface area (Å²) >= 11 is 7.50. The van der Waals surface area contributed by atoms with Crippen LogP contribution in [0.5, 0.6) is 0 Å². The molecule has 0 fully saturated rings. The van der Waals surface area contributed by atoms with E-state index in [-0.39, 0.29) is 0 Å². The van der Waals surface area contributed by atoms with Crippen molar-refractivity contribution in [3.05, 3.63) is 34.9 Å². The second kappa shape index (κ2) is 7.54. The molecule has 0 saturated heterocycles. The second-order valence-electron chi connectivity index (χ2n) is 3.09. The number of halogens is 1. The molecular weight excluding hydrogens is 244 g/mol. The number of methoxy groups -OCH3 is 1. The molecule has 0 saturated carbocycles. The lowest BCUT2D eigenvalue weighted by molar-refractivity contribution is 0.208. The molecule has 2 N–H and O–H groups in total. The summed E-state index contributed by atoms with van der Waals surface area (Å²) in [6.07, 6.45) is 0. The number of ether oxygens (including phenoxy) is 1. The number of hydrogen-bond acceptors (Lipinski definition) is 3. The van der Waals surface area contributed by atoms with E-state index in [4.69, 9.17) is 22.1 Å². The number of hydrogen-bond donors (Lipinski definition) is 1. The molecule has 16 heavy (non-hydrogen) atoms. The smallest absolute Gasteiger partial charge is 0.154 e. The number of rotatable bonds is 5. The Kier molecular flexibility index (Phi) is 6.30. The minimum Gasteiger partial charge on any atom is -0.383 e. The van der Waals surface area contributed by atoms with E-state index in [0.29, 0.717) is 18.3 Å². The molecule has 0 aliphatic rings. The van der Waals surface area contributed by atoms with Gasteiger partial charge in [0.05, 0.1) is 13.2 Å². The topological polar surface area (TPSA) is 47.6 Å². The van der Waals surface area contributed by atoms with Gasteiger partial charge < -0.3 is 10.5 Å². The van der Waals surface area contributed by atoms with Crippen molar-refractivity contribution in [3.8, 4) is 0 Å². The van der Waals surface area contributed by atoms with Gasteiger partial charge >= 0.3 is 0 Å². The van der Waals surface area contributed by atoms with Crippen molar-refractivity contribution in [2.75, 3.05) is 20.3 Å². The monoisotopic (exact) mass is 258 g/mol. The molecule has 0 amide bonds. The molecule has 0 aromatic heterocycles. The molecule has 0 aliphatic carbocycles. The van der Waals surface area contributed by atoms with Crippen LogP contribution in [0.4, 0.5) is 0 Å². The largest absolute Gasteiger partial charge is 0.383 e. The first-order valence-corrected chi connectivity index (χ1v) is 6.25. The van der Waals surface area contributed by atoms with Crippen LogP contribution in [0.25, 0.3) is 0 Å². The van der Waals surface area contributed by atoms with Gasteiger partial charge in [0.15, 0.2) is 5.17 Å². The van der Waals surface area contributed by atoms with E-state index in [2.05, 4.69) is 4.99 Å². The van der Waals surface area contributed by atoms with E-state index in [9.17, 15) is 0 Å². The molecule has 88 valence electrons. The van der Waals surface area contributed by atoms with Gasteiger partial charge in [-0.15, -0.1) is 0 Å². The van der Waals surface area contributed by atoms with Crippen LogP contribution >= 0.6 is 23.4 Å². The lowest BCUT2D eigenvalue weighted by Gasteiger charge is -2.03. The molecular formula is C11H15ClN2OS. The summed E-state index contributed by atoms with van der Waals surface area (Å²) in [5.74, 6) is 0.738. The maximum Gasteiger partial charge on any atom is 0.154 e. The summed E-state index contributed by atoms with van der Waals surface area (Å²) < 4.78 is 4.88. The fourth-order valence-electron chi connectivity index (χ4n) is 1.06. The van der Waals surface area contributed by atoms with Crippen molar-refractivity contribution >= 4 is 28.5 Å². The molecule has 1 rings (SSSR count). The molecule has 0 bridgehead atoms. The number of nitrogens with two attached hydrogens (primary N) is 1. The zero-order valence-corrected chi connectivity index (χ0v) is 10.7. The van der Waals surface area contributed by atoms with Crippen molar-refractivity contribution in [2.24, 2.45) is 10.7 Å². The Morgan fingerprint density at radius 1 is 1.50 bits per heavy atom. The molecule has 0 aliphatic heterocycles. The minimum atomic E-state index is 0.567. The average Bonchev–Trinajstić information content (AvgIpc) is 2.28. The summed E-state index contributed by atoms with van der Waals surface area (Å²) in [5, 5.41) is 1.33. The fourth-order valence-corrected chi connectivity index (χ4v) is 2.08. The van der Waals surface area contributed by atoms with Crippen LogP contribution in [0.2, 0.25) is 5.02 Å². The molecule has 1 aromatic rings. The van der Waals surface area contributed by atoms with E-state index in [1.807, 2.05) is 24.3 Å². The van der Waals surface area contributed by atoms with Crippen LogP contribution in [-0.2, 0) is 10.5 Å². The Balaban J connectivity index is 2.40. The molecule has 0 unspecified atom stereocenters. The first-order valence-electron chi connectivity index (χ1n) is 4.89. The molecule has 5 heteroatoms. The summed E-state index contributed by atoms with van der Waals surface area (Å²) in [7, 11) is 1.64. The standard InChI is InChI=1S/C11H15ClN2OS/c1-15-7-6-14-11(13)16-8-9-4-2-3-5-10(9)12/h2-5H,6-8H2,1H3,(H2,13,14). The third-order valence-electron chi connectivity index (χ3n) is 1.90. The van der Waals surface area contributed by atoms with E-state index < -0.39 is 0 Å². The Bertz CT molecular complexity index is 358. The zero-order valence-electron chi connectivity index (χ0n) is 9.15. The Hall–Kier alpha value is -0.710. The lowest BCUT2D eigenvalue weighted by Crippen LogP contribution is -2.09. The quantitative estimate of drug-likeness (QED) is 0.502. The average molecular weight is 259 g/mol. The third-order valence-corrected chi connectivity index (χ3v) is 3.15.